The van der Waals surface area contributed by atoms with Crippen molar-refractivity contribution in [3.63, 3.8) is 0 Å². The highest BCUT2D eigenvalue weighted by atomic mass is 32.1. The number of carbonyl (C=O) groups is 1. The van der Waals surface area contributed by atoms with Crippen LogP contribution >= 0.6 is 11.3 Å². The molecule has 0 bridgehead atoms. The lowest BCUT2D eigenvalue weighted by Crippen LogP contribution is -2.14. The quantitative estimate of drug-likeness (QED) is 0.779. The maximum absolute atomic E-state index is 11.9. The molecule has 0 spiro atoms. The largest absolute Gasteiger partial charge is 0.465 e. The number of thiazole rings is 1. The Bertz CT molecular complexity index is 481. The summed E-state index contributed by atoms with van der Waals surface area (Å²) in [5.74, 6) is 0.340. The SMILES string of the molecule is CCOC(=O)C1CCc2sc(C(OC)C3CC3)nc21. The fourth-order valence-corrected chi connectivity index (χ4v) is 4.05. The molecule has 1 heterocycles. The van der Waals surface area contributed by atoms with Gasteiger partial charge in [0.05, 0.1) is 12.3 Å². The summed E-state index contributed by atoms with van der Waals surface area (Å²) in [4.78, 5) is 17.9. The van der Waals surface area contributed by atoms with Crippen molar-refractivity contribution in [1.29, 1.82) is 0 Å². The van der Waals surface area contributed by atoms with E-state index in [2.05, 4.69) is 0 Å². The summed E-state index contributed by atoms with van der Waals surface area (Å²) in [6, 6.07) is 0. The summed E-state index contributed by atoms with van der Waals surface area (Å²) in [5, 5.41) is 1.05. The van der Waals surface area contributed by atoms with Gasteiger partial charge in [-0.2, -0.15) is 0 Å². The molecule has 3 rings (SSSR count). The van der Waals surface area contributed by atoms with Crippen LogP contribution in [-0.4, -0.2) is 24.7 Å². The Balaban J connectivity index is 1.81. The van der Waals surface area contributed by atoms with E-state index in [9.17, 15) is 4.79 Å². The zero-order valence-electron chi connectivity index (χ0n) is 11.3. The van der Waals surface area contributed by atoms with Crippen LogP contribution in [0.4, 0.5) is 0 Å². The molecule has 1 saturated carbocycles. The summed E-state index contributed by atoms with van der Waals surface area (Å²) >= 11 is 1.72. The third kappa shape index (κ3) is 2.41. The molecule has 1 aromatic heterocycles. The normalized spacial score (nSPS) is 23.2. The van der Waals surface area contributed by atoms with Crippen molar-refractivity contribution >= 4 is 17.3 Å². The van der Waals surface area contributed by atoms with Gasteiger partial charge in [-0.15, -0.1) is 11.3 Å². The second kappa shape index (κ2) is 5.21. The highest BCUT2D eigenvalue weighted by molar-refractivity contribution is 7.11. The Morgan fingerprint density at radius 3 is 2.89 bits per heavy atom. The van der Waals surface area contributed by atoms with Crippen molar-refractivity contribution in [2.45, 2.75) is 44.6 Å². The highest BCUT2D eigenvalue weighted by Gasteiger charge is 2.38. The molecule has 2 aliphatic rings. The summed E-state index contributed by atoms with van der Waals surface area (Å²) in [6.07, 6.45) is 4.36. The van der Waals surface area contributed by atoms with Crippen LogP contribution in [0.2, 0.25) is 0 Å². The fraction of sp³-hybridized carbons (Fsp3) is 0.714. The van der Waals surface area contributed by atoms with E-state index in [0.29, 0.717) is 12.5 Å². The number of aryl methyl sites for hydroxylation is 1. The number of aromatic nitrogens is 1. The van der Waals surface area contributed by atoms with Crippen LogP contribution in [0.5, 0.6) is 0 Å². The predicted octanol–water partition coefficient (Wildman–Crippen LogP) is 2.83. The zero-order valence-corrected chi connectivity index (χ0v) is 12.2. The van der Waals surface area contributed by atoms with E-state index in [1.165, 1.54) is 17.7 Å². The Kier molecular flexibility index (Phi) is 3.58. The molecule has 1 fully saturated rings. The molecule has 0 amide bonds. The smallest absolute Gasteiger partial charge is 0.315 e. The lowest BCUT2D eigenvalue weighted by Gasteiger charge is -2.12. The van der Waals surface area contributed by atoms with E-state index in [1.54, 1.807) is 18.4 Å². The van der Waals surface area contributed by atoms with Gasteiger partial charge in [0.25, 0.3) is 0 Å². The molecule has 2 atom stereocenters. The molecule has 1 aromatic rings. The highest BCUT2D eigenvalue weighted by Crippen LogP contribution is 2.46. The molecular weight excluding hydrogens is 262 g/mol. The minimum Gasteiger partial charge on any atom is -0.465 e. The minimum absolute atomic E-state index is 0.124. The van der Waals surface area contributed by atoms with E-state index in [4.69, 9.17) is 14.5 Å². The Morgan fingerprint density at radius 2 is 2.26 bits per heavy atom. The molecule has 104 valence electrons. The van der Waals surface area contributed by atoms with Crippen molar-refractivity contribution in [2.24, 2.45) is 5.92 Å². The number of nitrogens with zero attached hydrogens (tertiary/aromatic N) is 1. The standard InChI is InChI=1S/C14H19NO3S/c1-3-18-14(16)9-6-7-10-11(9)15-13(19-10)12(17-2)8-4-5-8/h8-9,12H,3-7H2,1-2H3. The summed E-state index contributed by atoms with van der Waals surface area (Å²) in [5.41, 5.74) is 0.946. The fourth-order valence-electron chi connectivity index (χ4n) is 2.73. The maximum Gasteiger partial charge on any atom is 0.315 e. The van der Waals surface area contributed by atoms with Crippen LogP contribution in [0.25, 0.3) is 0 Å². The van der Waals surface area contributed by atoms with Crippen LogP contribution in [0.3, 0.4) is 0 Å². The number of hydrogen-bond acceptors (Lipinski definition) is 5. The topological polar surface area (TPSA) is 48.4 Å². The van der Waals surface area contributed by atoms with Crippen LogP contribution in [0, 0.1) is 5.92 Å². The molecule has 2 unspecified atom stereocenters. The molecule has 19 heavy (non-hydrogen) atoms. The van der Waals surface area contributed by atoms with Crippen molar-refractivity contribution < 1.29 is 14.3 Å². The number of methoxy groups -OCH3 is 1. The molecule has 0 aromatic carbocycles. The predicted molar refractivity (Wildman–Crippen MR) is 72.3 cm³/mol. The van der Waals surface area contributed by atoms with Crippen molar-refractivity contribution in [3.8, 4) is 0 Å². The first kappa shape index (κ1) is 13.1. The first-order chi connectivity index (χ1) is 9.24. The van der Waals surface area contributed by atoms with E-state index in [0.717, 1.165) is 23.5 Å². The number of fused-ring (bicyclic) bond motifs is 1. The molecule has 0 N–H and O–H groups in total. The van der Waals surface area contributed by atoms with Gasteiger partial charge in [0.1, 0.15) is 17.0 Å². The van der Waals surface area contributed by atoms with Gasteiger partial charge in [-0.05, 0) is 38.5 Å². The van der Waals surface area contributed by atoms with Gasteiger partial charge in [0.15, 0.2) is 0 Å². The van der Waals surface area contributed by atoms with Gasteiger partial charge < -0.3 is 9.47 Å². The minimum atomic E-state index is -0.156. The second-order valence-electron chi connectivity index (χ2n) is 5.20. The van der Waals surface area contributed by atoms with Gasteiger partial charge in [-0.3, -0.25) is 4.79 Å². The molecular formula is C14H19NO3S. The number of carbonyl (C=O) groups excluding carboxylic acids is 1. The number of ether oxygens (including phenoxy) is 2. The zero-order chi connectivity index (χ0) is 13.4. The summed E-state index contributed by atoms with van der Waals surface area (Å²) in [7, 11) is 1.75. The third-order valence-corrected chi connectivity index (χ3v) is 5.05. The monoisotopic (exact) mass is 281 g/mol. The Hall–Kier alpha value is -0.940. The molecule has 0 aliphatic heterocycles. The lowest BCUT2D eigenvalue weighted by molar-refractivity contribution is -0.145. The second-order valence-corrected chi connectivity index (χ2v) is 6.31. The molecule has 4 nitrogen and oxygen atoms in total. The average Bonchev–Trinajstić information content (AvgIpc) is 2.99. The number of rotatable bonds is 5. The van der Waals surface area contributed by atoms with Gasteiger partial charge in [0, 0.05) is 12.0 Å². The average molecular weight is 281 g/mol. The number of esters is 1. The van der Waals surface area contributed by atoms with E-state index in [1.807, 2.05) is 6.92 Å². The first-order valence-corrected chi connectivity index (χ1v) is 7.75. The summed E-state index contributed by atoms with van der Waals surface area (Å²) < 4.78 is 10.7. The third-order valence-electron chi connectivity index (χ3n) is 3.85. The Labute approximate surface area is 117 Å². The van der Waals surface area contributed by atoms with Crippen LogP contribution in [0.15, 0.2) is 0 Å². The first-order valence-electron chi connectivity index (χ1n) is 6.93. The lowest BCUT2D eigenvalue weighted by atomic mass is 10.1. The van der Waals surface area contributed by atoms with Gasteiger partial charge in [0.2, 0.25) is 0 Å². The molecule has 0 radical (unpaired) electrons. The van der Waals surface area contributed by atoms with Crippen LogP contribution < -0.4 is 0 Å². The van der Waals surface area contributed by atoms with E-state index in [-0.39, 0.29) is 18.0 Å². The van der Waals surface area contributed by atoms with Gasteiger partial charge in [-0.1, -0.05) is 0 Å². The van der Waals surface area contributed by atoms with Crippen LogP contribution in [-0.2, 0) is 20.7 Å². The number of hydrogen-bond donors (Lipinski definition) is 0. The van der Waals surface area contributed by atoms with Crippen molar-refractivity contribution in [1.82, 2.24) is 4.98 Å². The van der Waals surface area contributed by atoms with Crippen LogP contribution in [0.1, 0.15) is 53.8 Å². The molecule has 2 aliphatic carbocycles. The van der Waals surface area contributed by atoms with Crippen molar-refractivity contribution in [2.75, 3.05) is 13.7 Å². The maximum atomic E-state index is 11.9. The Morgan fingerprint density at radius 1 is 1.47 bits per heavy atom. The summed E-state index contributed by atoms with van der Waals surface area (Å²) in [6.45, 7) is 2.28. The van der Waals surface area contributed by atoms with Crippen molar-refractivity contribution in [3.05, 3.63) is 15.6 Å². The molecule has 5 heteroatoms. The van der Waals surface area contributed by atoms with E-state index < -0.39 is 0 Å². The van der Waals surface area contributed by atoms with Gasteiger partial charge in [-0.25, -0.2) is 4.98 Å². The molecule has 0 saturated heterocycles. The van der Waals surface area contributed by atoms with E-state index >= 15 is 0 Å². The van der Waals surface area contributed by atoms with Gasteiger partial charge >= 0.3 is 5.97 Å².